The average Bonchev–Trinajstić information content (AvgIpc) is 2.66. The summed E-state index contributed by atoms with van der Waals surface area (Å²) in [7, 11) is 0. The molecule has 0 radical (unpaired) electrons. The Bertz CT molecular complexity index is 457. The molecule has 0 heterocycles. The second-order valence-electron chi connectivity index (χ2n) is 8.33. The van der Waals surface area contributed by atoms with E-state index >= 15 is 0 Å². The van der Waals surface area contributed by atoms with Gasteiger partial charge in [0.2, 0.25) is 0 Å². The summed E-state index contributed by atoms with van der Waals surface area (Å²) in [5.74, 6) is 2.69. The molecule has 2 fully saturated rings. The Hall–Kier alpha value is -1.10. The normalized spacial score (nSPS) is 31.2. The van der Waals surface area contributed by atoms with Crippen molar-refractivity contribution in [1.29, 1.82) is 5.26 Å². The fourth-order valence-corrected chi connectivity index (χ4v) is 4.64. The van der Waals surface area contributed by atoms with Crippen LogP contribution in [0.3, 0.4) is 0 Å². The van der Waals surface area contributed by atoms with Gasteiger partial charge in [-0.05, 0) is 94.0 Å². The van der Waals surface area contributed by atoms with Crippen molar-refractivity contribution >= 4 is 0 Å². The van der Waals surface area contributed by atoms with E-state index in [2.05, 4.69) is 19.1 Å². The summed E-state index contributed by atoms with van der Waals surface area (Å²) < 4.78 is 12.8. The highest BCUT2D eigenvalue weighted by Crippen LogP contribution is 2.35. The summed E-state index contributed by atoms with van der Waals surface area (Å²) in [6.45, 7) is 2.30. The first-order valence-electron chi connectivity index (χ1n) is 10.6. The molecule has 0 N–H and O–H groups in total. The van der Waals surface area contributed by atoms with Crippen LogP contribution in [0.4, 0.5) is 4.39 Å². The standard InChI is InChI=1S/C23H36FN/c1-2-3-5-19-8-12-21(13-9-19)16-17-22-14-10-20(11-15-22)6-4-7-23(24)18-25/h7,16-17,19-22H,2-6,8-15H2,1H3/t19-,20-,21-,22-. The SMILES string of the molecule is CCCC[C@H]1CC[C@H](C=C[C@H]2CC[C@H](CCC=C(F)C#N)CC2)CC1. The minimum atomic E-state index is -0.624. The van der Waals surface area contributed by atoms with Crippen molar-refractivity contribution in [2.24, 2.45) is 23.7 Å². The van der Waals surface area contributed by atoms with Crippen molar-refractivity contribution in [1.82, 2.24) is 0 Å². The van der Waals surface area contributed by atoms with Crippen LogP contribution in [0.2, 0.25) is 0 Å². The molecule has 0 aromatic heterocycles. The summed E-state index contributed by atoms with van der Waals surface area (Å²) in [5.41, 5.74) is 0. The Morgan fingerprint density at radius 3 is 1.92 bits per heavy atom. The fraction of sp³-hybridized carbons (Fsp3) is 0.783. The van der Waals surface area contributed by atoms with Crippen LogP contribution >= 0.6 is 0 Å². The highest BCUT2D eigenvalue weighted by Gasteiger charge is 2.21. The maximum Gasteiger partial charge on any atom is 0.196 e. The van der Waals surface area contributed by atoms with Crippen LogP contribution in [0.15, 0.2) is 24.1 Å². The molecule has 2 aliphatic rings. The molecule has 2 aliphatic carbocycles. The van der Waals surface area contributed by atoms with Crippen molar-refractivity contribution in [3.63, 3.8) is 0 Å². The fourth-order valence-electron chi connectivity index (χ4n) is 4.64. The summed E-state index contributed by atoms with van der Waals surface area (Å²) in [6, 6.07) is 1.56. The summed E-state index contributed by atoms with van der Waals surface area (Å²) >= 11 is 0. The van der Waals surface area contributed by atoms with E-state index in [4.69, 9.17) is 5.26 Å². The smallest absolute Gasteiger partial charge is 0.195 e. The maximum atomic E-state index is 12.8. The van der Waals surface area contributed by atoms with Crippen LogP contribution in [0, 0.1) is 35.0 Å². The van der Waals surface area contributed by atoms with Crippen LogP contribution < -0.4 is 0 Å². The van der Waals surface area contributed by atoms with Crippen molar-refractivity contribution in [2.75, 3.05) is 0 Å². The quantitative estimate of drug-likeness (QED) is 0.330. The number of nitriles is 1. The van der Waals surface area contributed by atoms with Crippen LogP contribution in [-0.4, -0.2) is 0 Å². The molecule has 2 saturated carbocycles. The predicted octanol–water partition coefficient (Wildman–Crippen LogP) is 7.50. The van der Waals surface area contributed by atoms with Gasteiger partial charge < -0.3 is 0 Å². The van der Waals surface area contributed by atoms with Gasteiger partial charge >= 0.3 is 0 Å². The third-order valence-corrected chi connectivity index (χ3v) is 6.41. The Kier molecular flexibility index (Phi) is 9.30. The largest absolute Gasteiger partial charge is 0.196 e. The summed E-state index contributed by atoms with van der Waals surface area (Å²) in [6.07, 6.45) is 23.2. The first-order valence-corrected chi connectivity index (χ1v) is 10.6. The monoisotopic (exact) mass is 345 g/mol. The van der Waals surface area contributed by atoms with E-state index in [1.54, 1.807) is 6.07 Å². The Morgan fingerprint density at radius 2 is 1.44 bits per heavy atom. The molecule has 2 heteroatoms. The molecule has 0 atom stereocenters. The van der Waals surface area contributed by atoms with E-state index in [1.165, 1.54) is 76.7 Å². The molecule has 0 spiro atoms. The lowest BCUT2D eigenvalue weighted by Crippen LogP contribution is -2.15. The number of rotatable bonds is 8. The Morgan fingerprint density at radius 1 is 0.920 bits per heavy atom. The van der Waals surface area contributed by atoms with Gasteiger partial charge in [0, 0.05) is 0 Å². The van der Waals surface area contributed by atoms with Crippen LogP contribution in [0.5, 0.6) is 0 Å². The zero-order chi connectivity index (χ0) is 17.9. The molecule has 2 rings (SSSR count). The molecular weight excluding hydrogens is 309 g/mol. The second-order valence-corrected chi connectivity index (χ2v) is 8.33. The van der Waals surface area contributed by atoms with Crippen molar-refractivity contribution in [3.05, 3.63) is 24.1 Å². The number of hydrogen-bond acceptors (Lipinski definition) is 1. The first kappa shape index (κ1) is 20.2. The average molecular weight is 346 g/mol. The van der Waals surface area contributed by atoms with Crippen molar-refractivity contribution in [3.8, 4) is 6.07 Å². The minimum Gasteiger partial charge on any atom is -0.195 e. The van der Waals surface area contributed by atoms with Crippen molar-refractivity contribution < 1.29 is 4.39 Å². The van der Waals surface area contributed by atoms with Crippen LogP contribution in [0.1, 0.15) is 90.4 Å². The van der Waals surface area contributed by atoms with E-state index in [-0.39, 0.29) is 0 Å². The van der Waals surface area contributed by atoms with Crippen LogP contribution in [0.25, 0.3) is 0 Å². The molecule has 0 aromatic rings. The Balaban J connectivity index is 1.60. The molecule has 0 aliphatic heterocycles. The molecule has 1 nitrogen and oxygen atoms in total. The molecule has 0 saturated heterocycles. The molecule has 140 valence electrons. The molecule has 0 aromatic carbocycles. The van der Waals surface area contributed by atoms with Gasteiger partial charge in [0.05, 0.1) is 0 Å². The predicted molar refractivity (Wildman–Crippen MR) is 104 cm³/mol. The van der Waals surface area contributed by atoms with E-state index in [9.17, 15) is 4.39 Å². The van der Waals surface area contributed by atoms with Gasteiger partial charge in [0.15, 0.2) is 5.83 Å². The van der Waals surface area contributed by atoms with Gasteiger partial charge in [-0.3, -0.25) is 0 Å². The number of allylic oxidation sites excluding steroid dienone is 4. The lowest BCUT2D eigenvalue weighted by molar-refractivity contribution is 0.283. The van der Waals surface area contributed by atoms with Gasteiger partial charge in [0.1, 0.15) is 6.07 Å². The molecule has 25 heavy (non-hydrogen) atoms. The lowest BCUT2D eigenvalue weighted by atomic mass is 9.77. The van der Waals surface area contributed by atoms with Gasteiger partial charge in [-0.1, -0.05) is 38.3 Å². The second kappa shape index (κ2) is 11.5. The number of unbranched alkanes of at least 4 members (excludes halogenated alkanes) is 1. The molecule has 0 amide bonds. The third kappa shape index (κ3) is 7.76. The number of halogens is 1. The van der Waals surface area contributed by atoms with Crippen molar-refractivity contribution in [2.45, 2.75) is 90.4 Å². The summed E-state index contributed by atoms with van der Waals surface area (Å²) in [4.78, 5) is 0. The zero-order valence-electron chi connectivity index (χ0n) is 16.1. The van der Waals surface area contributed by atoms with E-state index < -0.39 is 5.83 Å². The molecular formula is C23H36FN. The topological polar surface area (TPSA) is 23.8 Å². The third-order valence-electron chi connectivity index (χ3n) is 6.41. The van der Waals surface area contributed by atoms with Gasteiger partial charge in [-0.2, -0.15) is 9.65 Å². The number of nitrogens with zero attached hydrogens (tertiary/aromatic N) is 1. The lowest BCUT2D eigenvalue weighted by Gasteiger charge is -2.28. The van der Waals surface area contributed by atoms with Crippen LogP contribution in [-0.2, 0) is 0 Å². The zero-order valence-corrected chi connectivity index (χ0v) is 16.1. The van der Waals surface area contributed by atoms with Gasteiger partial charge in [-0.15, -0.1) is 0 Å². The highest BCUT2D eigenvalue weighted by molar-refractivity contribution is 5.11. The van der Waals surface area contributed by atoms with E-state index in [0.29, 0.717) is 6.42 Å². The highest BCUT2D eigenvalue weighted by atomic mass is 19.1. The maximum absolute atomic E-state index is 12.8. The van der Waals surface area contributed by atoms with Gasteiger partial charge in [-0.25, -0.2) is 0 Å². The minimum absolute atomic E-state index is 0.624. The molecule has 0 bridgehead atoms. The van der Waals surface area contributed by atoms with E-state index in [1.807, 2.05) is 0 Å². The van der Waals surface area contributed by atoms with Gasteiger partial charge in [0.25, 0.3) is 0 Å². The summed E-state index contributed by atoms with van der Waals surface area (Å²) in [5, 5.41) is 8.42. The first-order chi connectivity index (χ1) is 12.2. The molecule has 0 unspecified atom stereocenters. The van der Waals surface area contributed by atoms with E-state index in [0.717, 1.165) is 30.1 Å². The Labute approximate surface area is 154 Å². The number of hydrogen-bond donors (Lipinski definition) is 0.